The van der Waals surface area contributed by atoms with Crippen molar-refractivity contribution in [2.24, 2.45) is 0 Å². The second kappa shape index (κ2) is 6.65. The van der Waals surface area contributed by atoms with E-state index in [0.29, 0.717) is 0 Å². The number of nitrogens with zero attached hydrogens (tertiary/aromatic N) is 1. The third-order valence-corrected chi connectivity index (χ3v) is 1.70. The van der Waals surface area contributed by atoms with E-state index in [1.165, 1.54) is 0 Å². The maximum Gasteiger partial charge on any atom is 0.0593 e. The van der Waals surface area contributed by atoms with Crippen molar-refractivity contribution in [3.63, 3.8) is 0 Å². The Labute approximate surface area is 74.6 Å². The SMILES string of the molecule is C=CCN1CCCOCC1.Cl. The van der Waals surface area contributed by atoms with Gasteiger partial charge >= 0.3 is 0 Å². The minimum absolute atomic E-state index is 0. The molecule has 0 unspecified atom stereocenters. The minimum Gasteiger partial charge on any atom is -0.380 e. The molecule has 3 heteroatoms. The van der Waals surface area contributed by atoms with Crippen molar-refractivity contribution in [1.82, 2.24) is 4.90 Å². The molecule has 0 aliphatic carbocycles. The molecule has 0 radical (unpaired) electrons. The van der Waals surface area contributed by atoms with E-state index in [1.54, 1.807) is 0 Å². The Hall–Kier alpha value is -0.0500. The van der Waals surface area contributed by atoms with Gasteiger partial charge in [-0.05, 0) is 6.42 Å². The molecule has 0 N–H and O–H groups in total. The molecule has 1 heterocycles. The van der Waals surface area contributed by atoms with Crippen LogP contribution in [0.4, 0.5) is 0 Å². The summed E-state index contributed by atoms with van der Waals surface area (Å²) in [6.45, 7) is 8.73. The van der Waals surface area contributed by atoms with E-state index in [1.807, 2.05) is 6.08 Å². The smallest absolute Gasteiger partial charge is 0.0593 e. The van der Waals surface area contributed by atoms with Gasteiger partial charge in [-0.15, -0.1) is 19.0 Å². The van der Waals surface area contributed by atoms with Gasteiger partial charge in [-0.1, -0.05) is 6.08 Å². The van der Waals surface area contributed by atoms with Gasteiger partial charge in [-0.25, -0.2) is 0 Å². The van der Waals surface area contributed by atoms with E-state index in [-0.39, 0.29) is 12.4 Å². The Morgan fingerprint density at radius 1 is 1.36 bits per heavy atom. The van der Waals surface area contributed by atoms with Crippen molar-refractivity contribution in [3.8, 4) is 0 Å². The molecule has 1 aliphatic heterocycles. The van der Waals surface area contributed by atoms with Gasteiger partial charge in [0.2, 0.25) is 0 Å². The van der Waals surface area contributed by atoms with Crippen molar-refractivity contribution in [2.75, 3.05) is 32.8 Å². The zero-order valence-electron chi connectivity index (χ0n) is 6.79. The summed E-state index contributed by atoms with van der Waals surface area (Å²) in [6, 6.07) is 0. The van der Waals surface area contributed by atoms with E-state index in [0.717, 1.165) is 39.3 Å². The van der Waals surface area contributed by atoms with Gasteiger partial charge in [-0.2, -0.15) is 0 Å². The summed E-state index contributed by atoms with van der Waals surface area (Å²) >= 11 is 0. The average Bonchev–Trinajstić information content (AvgIpc) is 2.17. The molecule has 0 aromatic rings. The maximum atomic E-state index is 5.30. The lowest BCUT2D eigenvalue weighted by atomic mass is 10.4. The minimum atomic E-state index is 0. The zero-order chi connectivity index (χ0) is 7.23. The predicted molar refractivity (Wildman–Crippen MR) is 49.3 cm³/mol. The Kier molecular flexibility index (Phi) is 6.62. The summed E-state index contributed by atoms with van der Waals surface area (Å²) in [4.78, 5) is 2.36. The first-order valence-electron chi connectivity index (χ1n) is 3.84. The highest BCUT2D eigenvalue weighted by Gasteiger charge is 2.05. The van der Waals surface area contributed by atoms with Crippen molar-refractivity contribution in [2.45, 2.75) is 6.42 Å². The lowest BCUT2D eigenvalue weighted by molar-refractivity contribution is 0.143. The van der Waals surface area contributed by atoms with Crippen LogP contribution in [0.1, 0.15) is 6.42 Å². The van der Waals surface area contributed by atoms with Crippen molar-refractivity contribution >= 4 is 12.4 Å². The van der Waals surface area contributed by atoms with E-state index < -0.39 is 0 Å². The monoisotopic (exact) mass is 177 g/mol. The lowest BCUT2D eigenvalue weighted by Crippen LogP contribution is -2.26. The van der Waals surface area contributed by atoms with Gasteiger partial charge in [-0.3, -0.25) is 4.90 Å². The Morgan fingerprint density at radius 2 is 2.18 bits per heavy atom. The van der Waals surface area contributed by atoms with Gasteiger partial charge in [0.25, 0.3) is 0 Å². The predicted octanol–water partition coefficient (Wildman–Crippen LogP) is 1.32. The van der Waals surface area contributed by atoms with Gasteiger partial charge < -0.3 is 4.74 Å². The van der Waals surface area contributed by atoms with Crippen LogP contribution in [-0.2, 0) is 4.74 Å². The first-order valence-corrected chi connectivity index (χ1v) is 3.84. The van der Waals surface area contributed by atoms with Crippen LogP contribution in [0, 0.1) is 0 Å². The van der Waals surface area contributed by atoms with Crippen molar-refractivity contribution in [3.05, 3.63) is 12.7 Å². The van der Waals surface area contributed by atoms with Gasteiger partial charge in [0.05, 0.1) is 6.61 Å². The molecule has 0 spiro atoms. The standard InChI is InChI=1S/C8H15NO.ClH/c1-2-4-9-5-3-7-10-8-6-9;/h2H,1,3-8H2;1H. The van der Waals surface area contributed by atoms with E-state index >= 15 is 0 Å². The van der Waals surface area contributed by atoms with Gasteiger partial charge in [0.15, 0.2) is 0 Å². The zero-order valence-corrected chi connectivity index (χ0v) is 7.61. The molecule has 0 amide bonds. The molecular formula is C8H16ClNO. The highest BCUT2D eigenvalue weighted by molar-refractivity contribution is 5.85. The van der Waals surface area contributed by atoms with Crippen LogP contribution in [-0.4, -0.2) is 37.7 Å². The molecule has 1 saturated heterocycles. The molecule has 1 fully saturated rings. The Morgan fingerprint density at radius 3 is 2.91 bits per heavy atom. The number of hydrogen-bond acceptors (Lipinski definition) is 2. The number of hydrogen-bond donors (Lipinski definition) is 0. The molecule has 11 heavy (non-hydrogen) atoms. The molecule has 0 atom stereocenters. The van der Waals surface area contributed by atoms with Crippen LogP contribution in [0.15, 0.2) is 12.7 Å². The fourth-order valence-corrected chi connectivity index (χ4v) is 1.16. The van der Waals surface area contributed by atoms with Crippen LogP contribution < -0.4 is 0 Å². The first-order chi connectivity index (χ1) is 4.93. The molecule has 66 valence electrons. The van der Waals surface area contributed by atoms with Crippen molar-refractivity contribution < 1.29 is 4.74 Å². The maximum absolute atomic E-state index is 5.30. The van der Waals surface area contributed by atoms with Crippen LogP contribution in [0.5, 0.6) is 0 Å². The van der Waals surface area contributed by atoms with Crippen molar-refractivity contribution in [1.29, 1.82) is 0 Å². The molecule has 1 rings (SSSR count). The molecule has 1 aliphatic rings. The lowest BCUT2D eigenvalue weighted by Gasteiger charge is -2.15. The van der Waals surface area contributed by atoms with Crippen LogP contribution >= 0.6 is 12.4 Å². The highest BCUT2D eigenvalue weighted by Crippen LogP contribution is 1.97. The Bertz CT molecular complexity index is 100. The summed E-state index contributed by atoms with van der Waals surface area (Å²) in [5.41, 5.74) is 0. The number of ether oxygens (including phenoxy) is 1. The third kappa shape index (κ3) is 4.40. The molecule has 0 saturated carbocycles. The summed E-state index contributed by atoms with van der Waals surface area (Å²) in [7, 11) is 0. The largest absolute Gasteiger partial charge is 0.380 e. The quantitative estimate of drug-likeness (QED) is 0.590. The normalized spacial score (nSPS) is 20.0. The van der Waals surface area contributed by atoms with E-state index in [2.05, 4.69) is 11.5 Å². The second-order valence-electron chi connectivity index (χ2n) is 2.56. The molecule has 0 aromatic heterocycles. The van der Waals surface area contributed by atoms with E-state index in [9.17, 15) is 0 Å². The average molecular weight is 178 g/mol. The summed E-state index contributed by atoms with van der Waals surface area (Å²) < 4.78 is 5.30. The number of halogens is 1. The van der Waals surface area contributed by atoms with E-state index in [4.69, 9.17) is 4.74 Å². The Balaban J connectivity index is 0.000001000. The topological polar surface area (TPSA) is 12.5 Å². The highest BCUT2D eigenvalue weighted by atomic mass is 35.5. The fourth-order valence-electron chi connectivity index (χ4n) is 1.16. The number of rotatable bonds is 2. The molecule has 0 aromatic carbocycles. The van der Waals surface area contributed by atoms with Gasteiger partial charge in [0.1, 0.15) is 0 Å². The summed E-state index contributed by atoms with van der Waals surface area (Å²) in [5.74, 6) is 0. The second-order valence-corrected chi connectivity index (χ2v) is 2.56. The first kappa shape index (κ1) is 11.0. The molecular weight excluding hydrogens is 162 g/mol. The summed E-state index contributed by atoms with van der Waals surface area (Å²) in [6.07, 6.45) is 3.11. The fraction of sp³-hybridized carbons (Fsp3) is 0.750. The van der Waals surface area contributed by atoms with Crippen LogP contribution in [0.3, 0.4) is 0 Å². The van der Waals surface area contributed by atoms with Crippen LogP contribution in [0.25, 0.3) is 0 Å². The molecule has 2 nitrogen and oxygen atoms in total. The summed E-state index contributed by atoms with van der Waals surface area (Å²) in [5, 5.41) is 0. The van der Waals surface area contributed by atoms with Crippen LogP contribution in [0.2, 0.25) is 0 Å². The third-order valence-electron chi connectivity index (χ3n) is 1.70. The van der Waals surface area contributed by atoms with Gasteiger partial charge in [0, 0.05) is 26.2 Å². The molecule has 0 bridgehead atoms.